The van der Waals surface area contributed by atoms with Crippen LogP contribution in [0.2, 0.25) is 0 Å². The van der Waals surface area contributed by atoms with Crippen LogP contribution in [0, 0.1) is 11.3 Å². The van der Waals surface area contributed by atoms with E-state index in [1.54, 1.807) is 18.2 Å². The molecule has 0 aliphatic rings. The summed E-state index contributed by atoms with van der Waals surface area (Å²) in [5, 5.41) is 8.47. The Balaban J connectivity index is 0.000000671. The lowest BCUT2D eigenvalue weighted by molar-refractivity contribution is 0.112. The SMILES string of the molecule is CC.N#Cc1ccc(C=O)c(Br)c1. The lowest BCUT2D eigenvalue weighted by atomic mass is 10.2. The molecule has 0 radical (unpaired) electrons. The first kappa shape index (κ1) is 11.9. The maximum Gasteiger partial charge on any atom is 0.151 e. The predicted octanol–water partition coefficient (Wildman–Crippen LogP) is 3.16. The summed E-state index contributed by atoms with van der Waals surface area (Å²) in [6, 6.07) is 6.80. The van der Waals surface area contributed by atoms with Crippen LogP contribution in [0.15, 0.2) is 22.7 Å². The Morgan fingerprint density at radius 1 is 1.46 bits per heavy atom. The van der Waals surface area contributed by atoms with Gasteiger partial charge in [0.05, 0.1) is 11.6 Å². The molecule has 0 atom stereocenters. The Morgan fingerprint density at radius 3 is 2.46 bits per heavy atom. The van der Waals surface area contributed by atoms with E-state index in [2.05, 4.69) is 15.9 Å². The molecule has 0 saturated carbocycles. The zero-order chi connectivity index (χ0) is 10.3. The number of nitriles is 1. The molecule has 68 valence electrons. The first-order valence-corrected chi connectivity index (χ1v) is 4.72. The zero-order valence-electron chi connectivity index (χ0n) is 7.54. The summed E-state index contributed by atoms with van der Waals surface area (Å²) in [5.41, 5.74) is 1.10. The normalized spacial score (nSPS) is 7.85. The van der Waals surface area contributed by atoms with Crippen LogP contribution in [0.3, 0.4) is 0 Å². The van der Waals surface area contributed by atoms with Crippen molar-refractivity contribution in [1.82, 2.24) is 0 Å². The fraction of sp³-hybridized carbons (Fsp3) is 0.200. The van der Waals surface area contributed by atoms with Crippen molar-refractivity contribution < 1.29 is 4.79 Å². The van der Waals surface area contributed by atoms with Crippen LogP contribution < -0.4 is 0 Å². The topological polar surface area (TPSA) is 40.9 Å². The highest BCUT2D eigenvalue weighted by atomic mass is 79.9. The minimum Gasteiger partial charge on any atom is -0.298 e. The van der Waals surface area contributed by atoms with E-state index in [9.17, 15) is 4.79 Å². The van der Waals surface area contributed by atoms with E-state index in [4.69, 9.17) is 5.26 Å². The van der Waals surface area contributed by atoms with E-state index >= 15 is 0 Å². The van der Waals surface area contributed by atoms with Gasteiger partial charge in [0, 0.05) is 10.0 Å². The third-order valence-corrected chi connectivity index (χ3v) is 1.94. The van der Waals surface area contributed by atoms with Gasteiger partial charge in [-0.3, -0.25) is 4.79 Å². The molecule has 2 nitrogen and oxygen atoms in total. The molecule has 1 aromatic carbocycles. The van der Waals surface area contributed by atoms with Gasteiger partial charge in [-0.2, -0.15) is 5.26 Å². The third kappa shape index (κ3) is 3.39. The van der Waals surface area contributed by atoms with Gasteiger partial charge in [0.1, 0.15) is 0 Å². The predicted molar refractivity (Wildman–Crippen MR) is 55.6 cm³/mol. The lowest BCUT2D eigenvalue weighted by Crippen LogP contribution is -1.82. The fourth-order valence-corrected chi connectivity index (χ4v) is 1.16. The molecule has 3 heteroatoms. The maximum absolute atomic E-state index is 10.3. The molecule has 0 spiro atoms. The van der Waals surface area contributed by atoms with Crippen LogP contribution in [0.4, 0.5) is 0 Å². The fourth-order valence-electron chi connectivity index (χ4n) is 0.692. The van der Waals surface area contributed by atoms with Crippen molar-refractivity contribution in [3.63, 3.8) is 0 Å². The molecule has 0 saturated heterocycles. The van der Waals surface area contributed by atoms with Crippen LogP contribution in [-0.4, -0.2) is 6.29 Å². The molecule has 0 N–H and O–H groups in total. The first-order valence-electron chi connectivity index (χ1n) is 3.93. The largest absolute Gasteiger partial charge is 0.298 e. The summed E-state index contributed by atoms with van der Waals surface area (Å²) in [4.78, 5) is 10.3. The Labute approximate surface area is 86.3 Å². The molecule has 0 aromatic heterocycles. The number of rotatable bonds is 1. The highest BCUT2D eigenvalue weighted by Gasteiger charge is 1.98. The summed E-state index contributed by atoms with van der Waals surface area (Å²) in [7, 11) is 0. The quantitative estimate of drug-likeness (QED) is 0.707. The van der Waals surface area contributed by atoms with Crippen molar-refractivity contribution in [2.75, 3.05) is 0 Å². The van der Waals surface area contributed by atoms with Gasteiger partial charge in [0.25, 0.3) is 0 Å². The zero-order valence-corrected chi connectivity index (χ0v) is 9.13. The molecule has 0 amide bonds. The van der Waals surface area contributed by atoms with Crippen LogP contribution in [-0.2, 0) is 0 Å². The molecule has 1 rings (SSSR count). The summed E-state index contributed by atoms with van der Waals surface area (Å²) >= 11 is 3.17. The smallest absolute Gasteiger partial charge is 0.151 e. The maximum atomic E-state index is 10.3. The monoisotopic (exact) mass is 239 g/mol. The minimum absolute atomic E-state index is 0.544. The van der Waals surface area contributed by atoms with Crippen molar-refractivity contribution in [2.24, 2.45) is 0 Å². The van der Waals surface area contributed by atoms with Crippen LogP contribution >= 0.6 is 15.9 Å². The number of benzene rings is 1. The van der Waals surface area contributed by atoms with Gasteiger partial charge in [0.15, 0.2) is 6.29 Å². The second-order valence-electron chi connectivity index (χ2n) is 1.97. The Kier molecular flexibility index (Phi) is 5.82. The average molecular weight is 240 g/mol. The molecule has 0 unspecified atom stereocenters. The second kappa shape index (κ2) is 6.38. The molecule has 0 aliphatic carbocycles. The highest BCUT2D eigenvalue weighted by molar-refractivity contribution is 9.10. The van der Waals surface area contributed by atoms with E-state index in [1.165, 1.54) is 0 Å². The van der Waals surface area contributed by atoms with Crippen molar-refractivity contribution in [3.05, 3.63) is 33.8 Å². The van der Waals surface area contributed by atoms with Gasteiger partial charge in [-0.05, 0) is 18.2 Å². The number of aldehydes is 1. The summed E-state index contributed by atoms with van der Waals surface area (Å²) < 4.78 is 0.659. The molecule has 0 bridgehead atoms. The highest BCUT2D eigenvalue weighted by Crippen LogP contribution is 2.16. The number of hydrogen-bond donors (Lipinski definition) is 0. The molecular weight excluding hydrogens is 230 g/mol. The molecule has 0 fully saturated rings. The lowest BCUT2D eigenvalue weighted by Gasteiger charge is -1.94. The number of carbonyl (C=O) groups excluding carboxylic acids is 1. The van der Waals surface area contributed by atoms with Gasteiger partial charge in [-0.25, -0.2) is 0 Å². The first-order chi connectivity index (χ1) is 6.27. The summed E-state index contributed by atoms with van der Waals surface area (Å²) in [6.45, 7) is 4.00. The Bertz CT molecular complexity index is 328. The third-order valence-electron chi connectivity index (χ3n) is 1.26. The Morgan fingerprint density at radius 2 is 2.08 bits per heavy atom. The van der Waals surface area contributed by atoms with Gasteiger partial charge < -0.3 is 0 Å². The second-order valence-corrected chi connectivity index (χ2v) is 2.82. The van der Waals surface area contributed by atoms with Crippen LogP contribution in [0.25, 0.3) is 0 Å². The number of carbonyl (C=O) groups is 1. The van der Waals surface area contributed by atoms with Crippen LogP contribution in [0.5, 0.6) is 0 Å². The number of hydrogen-bond acceptors (Lipinski definition) is 2. The van der Waals surface area contributed by atoms with E-state index < -0.39 is 0 Å². The average Bonchev–Trinajstić information content (AvgIpc) is 2.20. The number of halogens is 1. The van der Waals surface area contributed by atoms with Crippen molar-refractivity contribution in [2.45, 2.75) is 13.8 Å². The summed E-state index contributed by atoms with van der Waals surface area (Å²) in [6.07, 6.45) is 0.741. The van der Waals surface area contributed by atoms with E-state index in [0.29, 0.717) is 15.6 Å². The van der Waals surface area contributed by atoms with Crippen LogP contribution in [0.1, 0.15) is 29.8 Å². The molecule has 1 aromatic rings. The van der Waals surface area contributed by atoms with E-state index in [-0.39, 0.29) is 0 Å². The van der Waals surface area contributed by atoms with Gasteiger partial charge in [-0.1, -0.05) is 29.8 Å². The molecule has 0 heterocycles. The Hall–Kier alpha value is -1.14. The molecule has 0 aliphatic heterocycles. The van der Waals surface area contributed by atoms with Gasteiger partial charge in [0.2, 0.25) is 0 Å². The standard InChI is InChI=1S/C8H4BrNO.C2H6/c9-8-3-6(4-10)1-2-7(8)5-11;1-2/h1-3,5H;1-2H3. The van der Waals surface area contributed by atoms with Crippen molar-refractivity contribution in [3.8, 4) is 6.07 Å². The van der Waals surface area contributed by atoms with Gasteiger partial charge in [-0.15, -0.1) is 0 Å². The summed E-state index contributed by atoms with van der Waals surface area (Å²) in [5.74, 6) is 0. The molecule has 13 heavy (non-hydrogen) atoms. The van der Waals surface area contributed by atoms with Crippen molar-refractivity contribution in [1.29, 1.82) is 5.26 Å². The van der Waals surface area contributed by atoms with Crippen molar-refractivity contribution >= 4 is 22.2 Å². The minimum atomic E-state index is 0.544. The van der Waals surface area contributed by atoms with E-state index in [0.717, 1.165) is 6.29 Å². The van der Waals surface area contributed by atoms with E-state index in [1.807, 2.05) is 19.9 Å². The number of nitrogens with zero attached hydrogens (tertiary/aromatic N) is 1. The van der Waals surface area contributed by atoms with Gasteiger partial charge >= 0.3 is 0 Å². The molecular formula is C10H10BrNO.